The van der Waals surface area contributed by atoms with Gasteiger partial charge in [0.25, 0.3) is 0 Å². The van der Waals surface area contributed by atoms with Crippen LogP contribution in [-0.4, -0.2) is 22.0 Å². The number of aryl methyl sites for hydroxylation is 1. The molecule has 0 aliphatic heterocycles. The molecule has 0 amide bonds. The summed E-state index contributed by atoms with van der Waals surface area (Å²) >= 11 is 1.48. The summed E-state index contributed by atoms with van der Waals surface area (Å²) in [5.41, 5.74) is 2.18. The molecule has 0 aromatic carbocycles. The third kappa shape index (κ3) is 3.27. The summed E-state index contributed by atoms with van der Waals surface area (Å²) in [5, 5.41) is 4.86. The molecule has 1 N–H and O–H groups in total. The maximum absolute atomic E-state index is 4.36. The zero-order chi connectivity index (χ0) is 13.0. The molecule has 2 rings (SSSR count). The predicted octanol–water partition coefficient (Wildman–Crippen LogP) is 2.61. The lowest BCUT2D eigenvalue weighted by Crippen LogP contribution is -2.12. The minimum Gasteiger partial charge on any atom is -0.313 e. The van der Waals surface area contributed by atoms with E-state index in [4.69, 9.17) is 0 Å². The molecule has 0 radical (unpaired) electrons. The Hall–Kier alpha value is -1.46. The Balaban J connectivity index is 2.19. The molecule has 2 aromatic rings. The van der Waals surface area contributed by atoms with Crippen LogP contribution in [0.15, 0.2) is 40.8 Å². The molecule has 0 fully saturated rings. The summed E-state index contributed by atoms with van der Waals surface area (Å²) in [5.74, 6) is 0. The highest BCUT2D eigenvalue weighted by atomic mass is 32.2. The zero-order valence-corrected chi connectivity index (χ0v) is 11.5. The van der Waals surface area contributed by atoms with Crippen molar-refractivity contribution in [1.82, 2.24) is 20.3 Å². The van der Waals surface area contributed by atoms with Gasteiger partial charge >= 0.3 is 0 Å². The molecule has 1 unspecified atom stereocenters. The number of rotatable bonds is 4. The van der Waals surface area contributed by atoms with Gasteiger partial charge in [-0.2, -0.15) is 0 Å². The summed E-state index contributed by atoms with van der Waals surface area (Å²) in [6.07, 6.45) is 3.59. The first kappa shape index (κ1) is 13.0. The van der Waals surface area contributed by atoms with Gasteiger partial charge in [-0.25, -0.2) is 15.0 Å². The molecule has 18 heavy (non-hydrogen) atoms. The first-order chi connectivity index (χ1) is 8.69. The van der Waals surface area contributed by atoms with E-state index in [-0.39, 0.29) is 0 Å². The van der Waals surface area contributed by atoms with Gasteiger partial charge in [0.2, 0.25) is 0 Å². The highest BCUT2D eigenvalue weighted by molar-refractivity contribution is 7.99. The molecule has 0 saturated carbocycles. The number of nitrogens with zero attached hydrogens (tertiary/aromatic N) is 3. The fourth-order valence-electron chi connectivity index (χ4n) is 1.49. The molecule has 5 heteroatoms. The number of nitrogens with one attached hydrogen (secondary N) is 1. The van der Waals surface area contributed by atoms with Crippen molar-refractivity contribution in [3.8, 4) is 0 Å². The molecule has 94 valence electrons. The maximum Gasteiger partial charge on any atom is 0.194 e. The molecule has 2 aromatic heterocycles. The van der Waals surface area contributed by atoms with Crippen LogP contribution in [-0.2, 0) is 0 Å². The Bertz CT molecular complexity index is 530. The van der Waals surface area contributed by atoms with Gasteiger partial charge in [0.1, 0.15) is 5.03 Å². The molecule has 0 aliphatic rings. The lowest BCUT2D eigenvalue weighted by molar-refractivity contribution is 0.649. The van der Waals surface area contributed by atoms with Crippen LogP contribution in [0.25, 0.3) is 0 Å². The van der Waals surface area contributed by atoms with E-state index < -0.39 is 0 Å². The molecule has 0 bridgehead atoms. The van der Waals surface area contributed by atoms with Gasteiger partial charge in [-0.1, -0.05) is 0 Å². The third-order valence-corrected chi connectivity index (χ3v) is 3.47. The molecule has 0 saturated heterocycles. The van der Waals surface area contributed by atoms with Crippen LogP contribution in [0, 0.1) is 6.92 Å². The number of hydrogen-bond donors (Lipinski definition) is 1. The van der Waals surface area contributed by atoms with E-state index in [1.807, 2.05) is 32.3 Å². The Morgan fingerprint density at radius 2 is 2.00 bits per heavy atom. The largest absolute Gasteiger partial charge is 0.313 e. The van der Waals surface area contributed by atoms with Gasteiger partial charge in [-0.15, -0.1) is 0 Å². The average molecular weight is 260 g/mol. The highest BCUT2D eigenvalue weighted by Gasteiger charge is 2.06. The van der Waals surface area contributed by atoms with Gasteiger partial charge in [0, 0.05) is 24.1 Å². The van der Waals surface area contributed by atoms with Gasteiger partial charge in [-0.05, 0) is 56.4 Å². The minimum absolute atomic E-state index is 0.311. The smallest absolute Gasteiger partial charge is 0.194 e. The Labute approximate surface area is 111 Å². The van der Waals surface area contributed by atoms with Crippen LogP contribution in [0.5, 0.6) is 0 Å². The van der Waals surface area contributed by atoms with E-state index in [9.17, 15) is 0 Å². The van der Waals surface area contributed by atoms with Crippen LogP contribution in [0.1, 0.15) is 24.2 Å². The van der Waals surface area contributed by atoms with Crippen molar-refractivity contribution in [2.24, 2.45) is 0 Å². The van der Waals surface area contributed by atoms with E-state index in [2.05, 4.69) is 33.3 Å². The summed E-state index contributed by atoms with van der Waals surface area (Å²) in [4.78, 5) is 12.9. The molecular formula is C13H16N4S. The van der Waals surface area contributed by atoms with E-state index >= 15 is 0 Å². The fourth-order valence-corrected chi connectivity index (χ4v) is 2.28. The molecule has 1 atom stereocenters. The van der Waals surface area contributed by atoms with Crippen LogP contribution in [0.2, 0.25) is 0 Å². The molecule has 4 nitrogen and oxygen atoms in total. The average Bonchev–Trinajstić information content (AvgIpc) is 2.38. The summed E-state index contributed by atoms with van der Waals surface area (Å²) in [7, 11) is 1.95. The van der Waals surface area contributed by atoms with Crippen molar-refractivity contribution in [2.75, 3.05) is 7.05 Å². The zero-order valence-electron chi connectivity index (χ0n) is 10.7. The van der Waals surface area contributed by atoms with E-state index in [0.29, 0.717) is 6.04 Å². The maximum atomic E-state index is 4.36. The number of pyridine rings is 1. The second-order valence-electron chi connectivity index (χ2n) is 4.02. The van der Waals surface area contributed by atoms with Crippen molar-refractivity contribution in [2.45, 2.75) is 30.1 Å². The lowest BCUT2D eigenvalue weighted by atomic mass is 10.1. The van der Waals surface area contributed by atoms with Crippen molar-refractivity contribution >= 4 is 11.8 Å². The van der Waals surface area contributed by atoms with Crippen molar-refractivity contribution in [3.05, 3.63) is 41.9 Å². The number of aromatic nitrogens is 3. The first-order valence-corrected chi connectivity index (χ1v) is 6.61. The Kier molecular flexibility index (Phi) is 4.28. The number of hydrogen-bond acceptors (Lipinski definition) is 5. The SMILES string of the molecule is CNC(C)c1ccnc(Sc2nccc(C)n2)c1. The second-order valence-corrected chi connectivity index (χ2v) is 5.01. The van der Waals surface area contributed by atoms with Gasteiger partial charge in [0.15, 0.2) is 5.16 Å². The molecule has 0 aliphatic carbocycles. The van der Waals surface area contributed by atoms with Crippen LogP contribution in [0.4, 0.5) is 0 Å². The van der Waals surface area contributed by atoms with Gasteiger partial charge in [-0.3, -0.25) is 0 Å². The highest BCUT2D eigenvalue weighted by Crippen LogP contribution is 2.24. The van der Waals surface area contributed by atoms with E-state index in [1.54, 1.807) is 6.20 Å². The van der Waals surface area contributed by atoms with Crippen LogP contribution in [0.3, 0.4) is 0 Å². The van der Waals surface area contributed by atoms with Gasteiger partial charge < -0.3 is 5.32 Å². The predicted molar refractivity (Wildman–Crippen MR) is 72.6 cm³/mol. The van der Waals surface area contributed by atoms with Crippen molar-refractivity contribution < 1.29 is 0 Å². The van der Waals surface area contributed by atoms with Crippen molar-refractivity contribution in [3.63, 3.8) is 0 Å². The normalized spacial score (nSPS) is 12.4. The monoisotopic (exact) mass is 260 g/mol. The standard InChI is InChI=1S/C13H16N4S/c1-9-4-6-16-13(17-9)18-12-8-11(5-7-15-12)10(2)14-3/h4-8,10,14H,1-3H3. The molecular weight excluding hydrogens is 244 g/mol. The summed E-state index contributed by atoms with van der Waals surface area (Å²) < 4.78 is 0. The minimum atomic E-state index is 0.311. The third-order valence-electron chi connectivity index (χ3n) is 2.66. The van der Waals surface area contributed by atoms with E-state index in [1.165, 1.54) is 17.3 Å². The van der Waals surface area contributed by atoms with Crippen LogP contribution >= 0.6 is 11.8 Å². The fraction of sp³-hybridized carbons (Fsp3) is 0.308. The second kappa shape index (κ2) is 5.93. The quantitative estimate of drug-likeness (QED) is 0.856. The Morgan fingerprint density at radius 3 is 2.72 bits per heavy atom. The lowest BCUT2D eigenvalue weighted by Gasteiger charge is -2.10. The Morgan fingerprint density at radius 1 is 1.22 bits per heavy atom. The first-order valence-electron chi connectivity index (χ1n) is 5.80. The molecule has 2 heterocycles. The van der Waals surface area contributed by atoms with Crippen LogP contribution < -0.4 is 5.32 Å². The molecule has 0 spiro atoms. The summed E-state index contributed by atoms with van der Waals surface area (Å²) in [6.45, 7) is 4.08. The van der Waals surface area contributed by atoms with Crippen molar-refractivity contribution in [1.29, 1.82) is 0 Å². The van der Waals surface area contributed by atoms with Gasteiger partial charge in [0.05, 0.1) is 0 Å². The summed E-state index contributed by atoms with van der Waals surface area (Å²) in [6, 6.07) is 6.28. The van der Waals surface area contributed by atoms with E-state index in [0.717, 1.165) is 15.9 Å². The topological polar surface area (TPSA) is 50.7 Å².